The van der Waals surface area contributed by atoms with Crippen LogP contribution in [0.4, 0.5) is 5.95 Å². The summed E-state index contributed by atoms with van der Waals surface area (Å²) in [6, 6.07) is 2.02. The van der Waals surface area contributed by atoms with Crippen molar-refractivity contribution in [3.05, 3.63) is 17.5 Å². The van der Waals surface area contributed by atoms with Crippen molar-refractivity contribution in [2.45, 2.75) is 39.2 Å². The lowest BCUT2D eigenvalue weighted by Gasteiger charge is -2.44. The molecule has 0 atom stereocenters. The molecule has 1 saturated heterocycles. The van der Waals surface area contributed by atoms with Gasteiger partial charge < -0.3 is 10.0 Å². The molecule has 0 saturated carbocycles. The van der Waals surface area contributed by atoms with Gasteiger partial charge in [0.2, 0.25) is 5.95 Å². The molecule has 4 heteroatoms. The van der Waals surface area contributed by atoms with Gasteiger partial charge in [0.15, 0.2) is 0 Å². The van der Waals surface area contributed by atoms with E-state index in [0.717, 1.165) is 17.3 Å². The molecule has 1 fully saturated rings. The SMILES string of the molecule is Cc1cc(C(C)C)nc(N2CC(C)(O)C2)n1. The number of rotatable bonds is 2. The van der Waals surface area contributed by atoms with E-state index in [1.54, 1.807) is 0 Å². The molecule has 0 spiro atoms. The van der Waals surface area contributed by atoms with Gasteiger partial charge in [0, 0.05) is 11.4 Å². The van der Waals surface area contributed by atoms with Gasteiger partial charge in [-0.05, 0) is 25.8 Å². The maximum Gasteiger partial charge on any atom is 0.225 e. The van der Waals surface area contributed by atoms with Gasteiger partial charge in [-0.1, -0.05) is 13.8 Å². The Balaban J connectivity index is 2.22. The van der Waals surface area contributed by atoms with E-state index in [-0.39, 0.29) is 0 Å². The fraction of sp³-hybridized carbons (Fsp3) is 0.667. The molecule has 0 unspecified atom stereocenters. The van der Waals surface area contributed by atoms with Crippen molar-refractivity contribution in [1.82, 2.24) is 9.97 Å². The predicted octanol–water partition coefficient (Wildman–Crippen LogP) is 1.48. The number of hydrogen-bond donors (Lipinski definition) is 1. The number of aromatic nitrogens is 2. The third kappa shape index (κ3) is 2.16. The van der Waals surface area contributed by atoms with Crippen LogP contribution in [0.1, 0.15) is 38.1 Å². The maximum absolute atomic E-state index is 9.70. The lowest BCUT2D eigenvalue weighted by atomic mass is 9.98. The molecule has 2 heterocycles. The minimum atomic E-state index is -0.578. The second-order valence-corrected chi connectivity index (χ2v) is 5.24. The largest absolute Gasteiger partial charge is 0.386 e. The van der Waals surface area contributed by atoms with E-state index in [0.29, 0.717) is 19.0 Å². The molecule has 2 rings (SSSR count). The van der Waals surface area contributed by atoms with Gasteiger partial charge in [0.25, 0.3) is 0 Å². The first-order valence-electron chi connectivity index (χ1n) is 5.70. The summed E-state index contributed by atoms with van der Waals surface area (Å²) in [4.78, 5) is 10.9. The van der Waals surface area contributed by atoms with E-state index in [1.165, 1.54) is 0 Å². The number of aryl methyl sites for hydroxylation is 1. The van der Waals surface area contributed by atoms with Crippen molar-refractivity contribution in [2.75, 3.05) is 18.0 Å². The van der Waals surface area contributed by atoms with Crippen LogP contribution in [0.15, 0.2) is 6.07 Å². The predicted molar refractivity (Wildman–Crippen MR) is 63.7 cm³/mol. The van der Waals surface area contributed by atoms with Crippen molar-refractivity contribution in [2.24, 2.45) is 0 Å². The second-order valence-electron chi connectivity index (χ2n) is 5.24. The summed E-state index contributed by atoms with van der Waals surface area (Å²) >= 11 is 0. The standard InChI is InChI=1S/C12H19N3O/c1-8(2)10-5-9(3)13-11(14-10)15-6-12(4,16)7-15/h5,8,16H,6-7H2,1-4H3. The van der Waals surface area contributed by atoms with Crippen LogP contribution in [0.2, 0.25) is 0 Å². The quantitative estimate of drug-likeness (QED) is 0.821. The summed E-state index contributed by atoms with van der Waals surface area (Å²) in [5.41, 5.74) is 1.47. The summed E-state index contributed by atoms with van der Waals surface area (Å²) in [5, 5.41) is 9.70. The van der Waals surface area contributed by atoms with E-state index in [9.17, 15) is 5.11 Å². The van der Waals surface area contributed by atoms with Gasteiger partial charge in [-0.2, -0.15) is 0 Å². The third-order valence-electron chi connectivity index (χ3n) is 2.80. The van der Waals surface area contributed by atoms with Crippen LogP contribution >= 0.6 is 0 Å². The lowest BCUT2D eigenvalue weighted by molar-refractivity contribution is 0.0299. The second kappa shape index (κ2) is 3.70. The van der Waals surface area contributed by atoms with Crippen LogP contribution in [0.5, 0.6) is 0 Å². The highest BCUT2D eigenvalue weighted by atomic mass is 16.3. The topological polar surface area (TPSA) is 49.2 Å². The first-order valence-corrected chi connectivity index (χ1v) is 5.70. The highest BCUT2D eigenvalue weighted by Gasteiger charge is 2.38. The summed E-state index contributed by atoms with van der Waals surface area (Å²) in [6.07, 6.45) is 0. The first kappa shape index (κ1) is 11.3. The highest BCUT2D eigenvalue weighted by Crippen LogP contribution is 2.25. The fourth-order valence-electron chi connectivity index (χ4n) is 1.93. The minimum Gasteiger partial charge on any atom is -0.386 e. The molecule has 0 amide bonds. The van der Waals surface area contributed by atoms with E-state index < -0.39 is 5.60 Å². The Hall–Kier alpha value is -1.16. The maximum atomic E-state index is 9.70. The average molecular weight is 221 g/mol. The Morgan fingerprint density at radius 2 is 2.00 bits per heavy atom. The monoisotopic (exact) mass is 221 g/mol. The molecule has 1 aromatic rings. The zero-order valence-electron chi connectivity index (χ0n) is 10.4. The van der Waals surface area contributed by atoms with Gasteiger partial charge in [0.1, 0.15) is 0 Å². The zero-order chi connectivity index (χ0) is 11.9. The lowest BCUT2D eigenvalue weighted by Crippen LogP contribution is -2.60. The molecular weight excluding hydrogens is 202 g/mol. The number of nitrogens with zero attached hydrogens (tertiary/aromatic N) is 3. The molecule has 1 aromatic heterocycles. The molecule has 0 aliphatic carbocycles. The number of anilines is 1. The minimum absolute atomic E-state index is 0.405. The number of hydrogen-bond acceptors (Lipinski definition) is 4. The molecule has 0 radical (unpaired) electrons. The van der Waals surface area contributed by atoms with Gasteiger partial charge in [0.05, 0.1) is 18.7 Å². The van der Waals surface area contributed by atoms with Gasteiger partial charge in [-0.15, -0.1) is 0 Å². The molecule has 0 bridgehead atoms. The first-order chi connectivity index (χ1) is 7.37. The Labute approximate surface area is 96.3 Å². The molecule has 1 aliphatic rings. The molecular formula is C12H19N3O. The Bertz CT molecular complexity index is 393. The van der Waals surface area contributed by atoms with Crippen molar-refractivity contribution < 1.29 is 5.11 Å². The average Bonchev–Trinajstić information content (AvgIpc) is 2.12. The van der Waals surface area contributed by atoms with Gasteiger partial charge in [-0.25, -0.2) is 9.97 Å². The van der Waals surface area contributed by atoms with E-state index >= 15 is 0 Å². The van der Waals surface area contributed by atoms with Crippen LogP contribution in [-0.4, -0.2) is 33.8 Å². The highest BCUT2D eigenvalue weighted by molar-refractivity contribution is 5.38. The van der Waals surface area contributed by atoms with E-state index in [4.69, 9.17) is 0 Å². The van der Waals surface area contributed by atoms with Crippen molar-refractivity contribution in [1.29, 1.82) is 0 Å². The van der Waals surface area contributed by atoms with E-state index in [1.807, 2.05) is 24.8 Å². The molecule has 88 valence electrons. The molecule has 1 N–H and O–H groups in total. The summed E-state index contributed by atoms with van der Waals surface area (Å²) < 4.78 is 0. The molecule has 0 aromatic carbocycles. The summed E-state index contributed by atoms with van der Waals surface area (Å²) in [7, 11) is 0. The molecule has 1 aliphatic heterocycles. The number of aliphatic hydroxyl groups is 1. The Morgan fingerprint density at radius 1 is 1.38 bits per heavy atom. The van der Waals surface area contributed by atoms with E-state index in [2.05, 4.69) is 23.8 Å². The van der Waals surface area contributed by atoms with Crippen molar-refractivity contribution >= 4 is 5.95 Å². The number of β-amino-alcohol motifs (C(OH)–C–C–N with tert-alkyl or cyclic N) is 1. The van der Waals surface area contributed by atoms with Crippen molar-refractivity contribution in [3.63, 3.8) is 0 Å². The van der Waals surface area contributed by atoms with Crippen LogP contribution in [0.25, 0.3) is 0 Å². The van der Waals surface area contributed by atoms with Crippen molar-refractivity contribution in [3.8, 4) is 0 Å². The normalized spacial score (nSPS) is 18.8. The van der Waals surface area contributed by atoms with Crippen LogP contribution in [0, 0.1) is 6.92 Å². The Morgan fingerprint density at radius 3 is 2.50 bits per heavy atom. The smallest absolute Gasteiger partial charge is 0.225 e. The summed E-state index contributed by atoms with van der Waals surface area (Å²) in [6.45, 7) is 9.30. The zero-order valence-corrected chi connectivity index (χ0v) is 10.4. The van der Waals surface area contributed by atoms with Crippen LogP contribution in [-0.2, 0) is 0 Å². The fourth-order valence-corrected chi connectivity index (χ4v) is 1.93. The van der Waals surface area contributed by atoms with Gasteiger partial charge >= 0.3 is 0 Å². The van der Waals surface area contributed by atoms with Gasteiger partial charge in [-0.3, -0.25) is 0 Å². The molecule has 16 heavy (non-hydrogen) atoms. The molecule has 4 nitrogen and oxygen atoms in total. The summed E-state index contributed by atoms with van der Waals surface area (Å²) in [5.74, 6) is 1.15. The third-order valence-corrected chi connectivity index (χ3v) is 2.80. The van der Waals surface area contributed by atoms with Crippen LogP contribution in [0.3, 0.4) is 0 Å². The van der Waals surface area contributed by atoms with Crippen LogP contribution < -0.4 is 4.90 Å². The Kier molecular flexibility index (Phi) is 2.62.